The highest BCUT2D eigenvalue weighted by Crippen LogP contribution is 2.31. The SMILES string of the molecule is Nc1ccn([C@@H]2O[C@H](CO)[C@@H](O)[C@H]2OOCc2ccccc2)c(=O)n1. The number of hydrogen-bond donors (Lipinski definition) is 3. The van der Waals surface area contributed by atoms with Crippen LogP contribution in [0.2, 0.25) is 0 Å². The van der Waals surface area contributed by atoms with Gasteiger partial charge in [0.1, 0.15) is 24.6 Å². The van der Waals surface area contributed by atoms with E-state index in [2.05, 4.69) is 4.98 Å². The molecule has 0 spiro atoms. The van der Waals surface area contributed by atoms with Crippen LogP contribution in [-0.2, 0) is 21.1 Å². The van der Waals surface area contributed by atoms with Gasteiger partial charge in [-0.3, -0.25) is 4.57 Å². The van der Waals surface area contributed by atoms with E-state index in [-0.39, 0.29) is 12.4 Å². The smallest absolute Gasteiger partial charge is 0.351 e. The molecule has 0 amide bonds. The van der Waals surface area contributed by atoms with Crippen molar-refractivity contribution in [2.45, 2.75) is 31.1 Å². The highest BCUT2D eigenvalue weighted by atomic mass is 17.2. The van der Waals surface area contributed by atoms with Crippen molar-refractivity contribution in [2.75, 3.05) is 12.3 Å². The van der Waals surface area contributed by atoms with E-state index in [1.807, 2.05) is 30.3 Å². The average Bonchev–Trinajstić information content (AvgIpc) is 2.92. The minimum atomic E-state index is -1.18. The first-order valence-corrected chi connectivity index (χ1v) is 7.71. The molecule has 1 saturated heterocycles. The van der Waals surface area contributed by atoms with Crippen molar-refractivity contribution in [3.05, 3.63) is 58.6 Å². The Hall–Kier alpha value is -2.30. The highest BCUT2D eigenvalue weighted by molar-refractivity contribution is 5.23. The Labute approximate surface area is 143 Å². The maximum absolute atomic E-state index is 12.0. The minimum Gasteiger partial charge on any atom is -0.394 e. The Bertz CT molecular complexity index is 753. The largest absolute Gasteiger partial charge is 0.394 e. The molecule has 0 saturated carbocycles. The third-order valence-electron chi connectivity index (χ3n) is 3.87. The molecule has 0 aliphatic carbocycles. The van der Waals surface area contributed by atoms with Gasteiger partial charge >= 0.3 is 5.69 Å². The molecule has 4 N–H and O–H groups in total. The van der Waals surface area contributed by atoms with E-state index in [0.717, 1.165) is 10.1 Å². The number of benzene rings is 1. The second-order valence-electron chi connectivity index (χ2n) is 5.59. The summed E-state index contributed by atoms with van der Waals surface area (Å²) in [6.45, 7) is -0.289. The van der Waals surface area contributed by atoms with Gasteiger partial charge in [0.2, 0.25) is 0 Å². The zero-order valence-electron chi connectivity index (χ0n) is 13.3. The molecule has 2 aromatic rings. The molecule has 1 aliphatic rings. The van der Waals surface area contributed by atoms with Crippen LogP contribution in [0, 0.1) is 0 Å². The molecule has 134 valence electrons. The summed E-state index contributed by atoms with van der Waals surface area (Å²) in [4.78, 5) is 26.1. The van der Waals surface area contributed by atoms with E-state index in [4.69, 9.17) is 20.2 Å². The van der Waals surface area contributed by atoms with Crippen molar-refractivity contribution in [1.82, 2.24) is 9.55 Å². The van der Waals surface area contributed by atoms with Gasteiger partial charge in [0.25, 0.3) is 0 Å². The number of nitrogen functional groups attached to an aromatic ring is 1. The van der Waals surface area contributed by atoms with Gasteiger partial charge in [-0.1, -0.05) is 30.3 Å². The number of nitrogens with two attached hydrogens (primary N) is 1. The maximum Gasteiger partial charge on any atom is 0.351 e. The number of aliphatic hydroxyl groups excluding tert-OH is 2. The topological polar surface area (TPSA) is 129 Å². The summed E-state index contributed by atoms with van der Waals surface area (Å²) >= 11 is 0. The summed E-state index contributed by atoms with van der Waals surface area (Å²) in [5, 5.41) is 19.6. The van der Waals surface area contributed by atoms with Crippen molar-refractivity contribution in [3.8, 4) is 0 Å². The number of hydrogen-bond acceptors (Lipinski definition) is 8. The molecule has 3 rings (SSSR count). The minimum absolute atomic E-state index is 0.0660. The normalized spacial score (nSPS) is 26.0. The van der Waals surface area contributed by atoms with Crippen molar-refractivity contribution in [2.24, 2.45) is 0 Å². The molecule has 25 heavy (non-hydrogen) atoms. The Morgan fingerprint density at radius 1 is 1.28 bits per heavy atom. The molecule has 2 heterocycles. The molecule has 0 unspecified atom stereocenters. The standard InChI is InChI=1S/C16H19N3O6/c17-12-6-7-19(16(22)18-12)15-14(13(21)11(8-20)24-15)25-23-9-10-4-2-1-3-5-10/h1-7,11,13-15,20-21H,8-9H2,(H2,17,18,22)/t11-,13-,14-,15-/m1/s1. The molecule has 1 aromatic carbocycles. The number of ether oxygens (including phenoxy) is 1. The molecule has 1 aromatic heterocycles. The first-order valence-electron chi connectivity index (χ1n) is 7.71. The Balaban J connectivity index is 1.74. The fraction of sp³-hybridized carbons (Fsp3) is 0.375. The Kier molecular flexibility index (Phi) is 5.41. The fourth-order valence-corrected chi connectivity index (χ4v) is 2.57. The van der Waals surface area contributed by atoms with Crippen LogP contribution in [-0.4, -0.2) is 44.7 Å². The predicted molar refractivity (Wildman–Crippen MR) is 86.0 cm³/mol. The molecule has 0 radical (unpaired) electrons. The quantitative estimate of drug-likeness (QED) is 0.474. The lowest BCUT2D eigenvalue weighted by atomic mass is 10.1. The van der Waals surface area contributed by atoms with E-state index in [9.17, 15) is 15.0 Å². The lowest BCUT2D eigenvalue weighted by Gasteiger charge is -2.21. The van der Waals surface area contributed by atoms with Crippen LogP contribution >= 0.6 is 0 Å². The summed E-state index contributed by atoms with van der Waals surface area (Å²) in [6.07, 6.45) is -2.75. The second-order valence-corrected chi connectivity index (χ2v) is 5.59. The van der Waals surface area contributed by atoms with Gasteiger partial charge in [0.15, 0.2) is 12.3 Å². The predicted octanol–water partition coefficient (Wildman–Crippen LogP) is -0.407. The van der Waals surface area contributed by atoms with E-state index in [1.165, 1.54) is 12.3 Å². The van der Waals surface area contributed by atoms with Gasteiger partial charge in [-0.15, -0.1) is 0 Å². The van der Waals surface area contributed by atoms with E-state index in [0.29, 0.717) is 0 Å². The second kappa shape index (κ2) is 7.72. The summed E-state index contributed by atoms with van der Waals surface area (Å²) in [6, 6.07) is 10.7. The van der Waals surface area contributed by atoms with Crippen molar-refractivity contribution >= 4 is 5.82 Å². The zero-order chi connectivity index (χ0) is 17.8. The molecule has 1 fully saturated rings. The third-order valence-corrected chi connectivity index (χ3v) is 3.87. The van der Waals surface area contributed by atoms with Gasteiger partial charge in [0.05, 0.1) is 6.61 Å². The highest BCUT2D eigenvalue weighted by Gasteiger charge is 2.46. The molecular formula is C16H19N3O6. The summed E-state index contributed by atoms with van der Waals surface area (Å²) in [5.41, 5.74) is 5.69. The number of rotatable bonds is 6. The monoisotopic (exact) mass is 349 g/mol. The average molecular weight is 349 g/mol. The van der Waals surface area contributed by atoms with E-state index < -0.39 is 36.8 Å². The van der Waals surface area contributed by atoms with Crippen molar-refractivity contribution < 1.29 is 24.7 Å². The first kappa shape index (κ1) is 17.5. The molecule has 1 aliphatic heterocycles. The van der Waals surface area contributed by atoms with Gasteiger partial charge in [-0.05, 0) is 11.6 Å². The van der Waals surface area contributed by atoms with Gasteiger partial charge in [-0.2, -0.15) is 4.98 Å². The number of anilines is 1. The molecule has 9 heteroatoms. The van der Waals surface area contributed by atoms with E-state index in [1.54, 1.807) is 0 Å². The van der Waals surface area contributed by atoms with Gasteiger partial charge in [0, 0.05) is 6.20 Å². The summed E-state index contributed by atoms with van der Waals surface area (Å²) < 4.78 is 6.65. The molecule has 4 atom stereocenters. The van der Waals surface area contributed by atoms with Crippen LogP contribution in [0.1, 0.15) is 11.8 Å². The van der Waals surface area contributed by atoms with Crippen LogP contribution < -0.4 is 11.4 Å². The maximum atomic E-state index is 12.0. The number of aliphatic hydroxyl groups is 2. The van der Waals surface area contributed by atoms with E-state index >= 15 is 0 Å². The van der Waals surface area contributed by atoms with Crippen LogP contribution in [0.25, 0.3) is 0 Å². The molecule has 9 nitrogen and oxygen atoms in total. The summed E-state index contributed by atoms with van der Waals surface area (Å²) in [7, 11) is 0. The Morgan fingerprint density at radius 3 is 2.72 bits per heavy atom. The van der Waals surface area contributed by atoms with Crippen LogP contribution in [0.3, 0.4) is 0 Å². The first-order chi connectivity index (χ1) is 12.1. The van der Waals surface area contributed by atoms with Crippen molar-refractivity contribution in [1.29, 1.82) is 0 Å². The van der Waals surface area contributed by atoms with Gasteiger partial charge in [-0.25, -0.2) is 14.6 Å². The van der Waals surface area contributed by atoms with Crippen LogP contribution in [0.15, 0.2) is 47.4 Å². The fourth-order valence-electron chi connectivity index (χ4n) is 2.57. The molecular weight excluding hydrogens is 330 g/mol. The van der Waals surface area contributed by atoms with Crippen LogP contribution in [0.5, 0.6) is 0 Å². The van der Waals surface area contributed by atoms with Gasteiger partial charge < -0.3 is 20.7 Å². The number of nitrogens with zero attached hydrogens (tertiary/aromatic N) is 2. The Morgan fingerprint density at radius 2 is 2.04 bits per heavy atom. The molecule has 0 bridgehead atoms. The van der Waals surface area contributed by atoms with Crippen LogP contribution in [0.4, 0.5) is 5.82 Å². The lowest BCUT2D eigenvalue weighted by molar-refractivity contribution is -0.353. The van der Waals surface area contributed by atoms with Crippen molar-refractivity contribution in [3.63, 3.8) is 0 Å². The third kappa shape index (κ3) is 3.86. The number of aromatic nitrogens is 2. The lowest BCUT2D eigenvalue weighted by Crippen LogP contribution is -2.38. The summed E-state index contributed by atoms with van der Waals surface area (Å²) in [5.74, 6) is 0.0660. The zero-order valence-corrected chi connectivity index (χ0v) is 13.3.